The summed E-state index contributed by atoms with van der Waals surface area (Å²) >= 11 is 0. The minimum atomic E-state index is -0.468. The fourth-order valence-electron chi connectivity index (χ4n) is 2.43. The second-order valence-electron chi connectivity index (χ2n) is 5.96. The summed E-state index contributed by atoms with van der Waals surface area (Å²) in [6.45, 7) is 8.54. The average molecular weight is 265 g/mol. The number of aromatic nitrogens is 2. The maximum atomic E-state index is 11.0. The Bertz CT molecular complexity index is 513. The highest BCUT2D eigenvalue weighted by Crippen LogP contribution is 2.63. The minimum absolute atomic E-state index is 0.0750. The SMILES string of the molecule is CNc1ncc([N+](=O)[O-])c(NC2C(C)(C)C2(C)C)n1. The van der Waals surface area contributed by atoms with Gasteiger partial charge in [-0.3, -0.25) is 10.1 Å². The third-order valence-corrected chi connectivity index (χ3v) is 4.49. The zero-order valence-electron chi connectivity index (χ0n) is 11.8. The third kappa shape index (κ3) is 1.98. The van der Waals surface area contributed by atoms with Crippen molar-refractivity contribution in [1.29, 1.82) is 0 Å². The monoisotopic (exact) mass is 265 g/mol. The number of nitrogens with zero attached hydrogens (tertiary/aromatic N) is 3. The van der Waals surface area contributed by atoms with Crippen LogP contribution in [-0.2, 0) is 0 Å². The lowest BCUT2D eigenvalue weighted by molar-refractivity contribution is -0.384. The van der Waals surface area contributed by atoms with Crippen molar-refractivity contribution in [2.75, 3.05) is 17.7 Å². The Balaban J connectivity index is 2.32. The van der Waals surface area contributed by atoms with E-state index in [-0.39, 0.29) is 28.4 Å². The van der Waals surface area contributed by atoms with Crippen molar-refractivity contribution in [3.63, 3.8) is 0 Å². The molecular formula is C12H19N5O2. The molecule has 7 heteroatoms. The van der Waals surface area contributed by atoms with Gasteiger partial charge < -0.3 is 10.6 Å². The Kier molecular flexibility index (Phi) is 2.87. The van der Waals surface area contributed by atoms with Crippen LogP contribution in [-0.4, -0.2) is 28.0 Å². The van der Waals surface area contributed by atoms with Gasteiger partial charge in [0.05, 0.1) is 4.92 Å². The summed E-state index contributed by atoms with van der Waals surface area (Å²) < 4.78 is 0. The Morgan fingerprint density at radius 1 is 1.32 bits per heavy atom. The molecule has 104 valence electrons. The van der Waals surface area contributed by atoms with Crippen LogP contribution >= 0.6 is 0 Å². The highest BCUT2D eigenvalue weighted by molar-refractivity contribution is 5.59. The van der Waals surface area contributed by atoms with E-state index >= 15 is 0 Å². The molecule has 0 unspecified atom stereocenters. The van der Waals surface area contributed by atoms with Crippen molar-refractivity contribution in [2.24, 2.45) is 10.8 Å². The molecule has 0 bridgehead atoms. The molecule has 0 aliphatic heterocycles. The Morgan fingerprint density at radius 3 is 2.32 bits per heavy atom. The van der Waals surface area contributed by atoms with Crippen molar-refractivity contribution >= 4 is 17.5 Å². The van der Waals surface area contributed by atoms with Crippen LogP contribution in [0.4, 0.5) is 17.5 Å². The van der Waals surface area contributed by atoms with Crippen molar-refractivity contribution < 1.29 is 4.92 Å². The molecule has 2 rings (SSSR count). The van der Waals surface area contributed by atoms with E-state index in [1.807, 2.05) is 0 Å². The first-order valence-corrected chi connectivity index (χ1v) is 6.17. The second kappa shape index (κ2) is 4.04. The first kappa shape index (κ1) is 13.5. The number of anilines is 2. The van der Waals surface area contributed by atoms with Crippen LogP contribution in [0.25, 0.3) is 0 Å². The quantitative estimate of drug-likeness (QED) is 0.640. The van der Waals surface area contributed by atoms with E-state index in [2.05, 4.69) is 48.3 Å². The molecule has 0 amide bonds. The van der Waals surface area contributed by atoms with Gasteiger partial charge >= 0.3 is 5.69 Å². The molecule has 0 aromatic carbocycles. The number of rotatable bonds is 4. The van der Waals surface area contributed by atoms with Crippen LogP contribution in [0.5, 0.6) is 0 Å². The van der Waals surface area contributed by atoms with Crippen molar-refractivity contribution in [3.05, 3.63) is 16.3 Å². The molecule has 0 radical (unpaired) electrons. The lowest BCUT2D eigenvalue weighted by atomic mass is 10.0. The maximum absolute atomic E-state index is 11.0. The number of nitrogens with one attached hydrogen (secondary N) is 2. The second-order valence-corrected chi connectivity index (χ2v) is 5.96. The van der Waals surface area contributed by atoms with Gasteiger partial charge in [0, 0.05) is 13.1 Å². The summed E-state index contributed by atoms with van der Waals surface area (Å²) in [5, 5.41) is 17.0. The van der Waals surface area contributed by atoms with E-state index < -0.39 is 4.92 Å². The molecule has 1 aromatic rings. The number of hydrogen-bond donors (Lipinski definition) is 2. The van der Waals surface area contributed by atoms with Crippen LogP contribution in [0.3, 0.4) is 0 Å². The summed E-state index contributed by atoms with van der Waals surface area (Å²) in [4.78, 5) is 18.6. The van der Waals surface area contributed by atoms with E-state index in [9.17, 15) is 10.1 Å². The number of nitro groups is 1. The van der Waals surface area contributed by atoms with E-state index in [1.54, 1.807) is 7.05 Å². The fourth-order valence-corrected chi connectivity index (χ4v) is 2.43. The molecule has 19 heavy (non-hydrogen) atoms. The molecule has 7 nitrogen and oxygen atoms in total. The van der Waals surface area contributed by atoms with Gasteiger partial charge in [-0.05, 0) is 10.8 Å². The number of hydrogen-bond acceptors (Lipinski definition) is 6. The molecule has 1 aliphatic rings. The van der Waals surface area contributed by atoms with Crippen LogP contribution in [0.2, 0.25) is 0 Å². The molecule has 1 saturated carbocycles. The Labute approximate surface area is 112 Å². The van der Waals surface area contributed by atoms with Gasteiger partial charge in [0.2, 0.25) is 11.8 Å². The van der Waals surface area contributed by atoms with Gasteiger partial charge in [-0.25, -0.2) is 4.98 Å². The summed E-state index contributed by atoms with van der Waals surface area (Å²) in [7, 11) is 1.68. The molecule has 0 saturated heterocycles. The van der Waals surface area contributed by atoms with Crippen LogP contribution in [0, 0.1) is 20.9 Å². The summed E-state index contributed by atoms with van der Waals surface area (Å²) in [5.41, 5.74) is 0.0505. The van der Waals surface area contributed by atoms with Crippen molar-refractivity contribution in [2.45, 2.75) is 33.7 Å². The fraction of sp³-hybridized carbons (Fsp3) is 0.667. The Hall–Kier alpha value is -1.92. The highest BCUT2D eigenvalue weighted by atomic mass is 16.6. The first-order chi connectivity index (χ1) is 8.71. The topological polar surface area (TPSA) is 93.0 Å². The lowest BCUT2D eigenvalue weighted by Gasteiger charge is -2.08. The largest absolute Gasteiger partial charge is 0.360 e. The lowest BCUT2D eigenvalue weighted by Crippen LogP contribution is -2.14. The van der Waals surface area contributed by atoms with Gasteiger partial charge in [0.15, 0.2) is 0 Å². The molecule has 1 aliphatic carbocycles. The van der Waals surface area contributed by atoms with Gasteiger partial charge in [0.25, 0.3) is 0 Å². The maximum Gasteiger partial charge on any atom is 0.329 e. The normalized spacial score (nSPS) is 19.8. The van der Waals surface area contributed by atoms with Gasteiger partial charge in [-0.15, -0.1) is 0 Å². The van der Waals surface area contributed by atoms with Crippen LogP contribution in [0.15, 0.2) is 6.20 Å². The average Bonchev–Trinajstić information content (AvgIpc) is 2.71. The Morgan fingerprint density at radius 2 is 1.89 bits per heavy atom. The predicted octanol–water partition coefficient (Wildman–Crippen LogP) is 2.27. The molecular weight excluding hydrogens is 246 g/mol. The van der Waals surface area contributed by atoms with Gasteiger partial charge in [-0.1, -0.05) is 27.7 Å². The third-order valence-electron chi connectivity index (χ3n) is 4.49. The molecule has 1 aromatic heterocycles. The molecule has 0 spiro atoms. The zero-order valence-corrected chi connectivity index (χ0v) is 11.8. The van der Waals surface area contributed by atoms with Gasteiger partial charge in [-0.2, -0.15) is 4.98 Å². The molecule has 1 heterocycles. The zero-order chi connectivity index (χ0) is 14.4. The van der Waals surface area contributed by atoms with Crippen molar-refractivity contribution in [1.82, 2.24) is 9.97 Å². The molecule has 2 N–H and O–H groups in total. The van der Waals surface area contributed by atoms with E-state index in [1.165, 1.54) is 6.20 Å². The smallest absolute Gasteiger partial charge is 0.329 e. The van der Waals surface area contributed by atoms with Crippen LogP contribution in [0.1, 0.15) is 27.7 Å². The molecule has 1 fully saturated rings. The van der Waals surface area contributed by atoms with Gasteiger partial charge in [0.1, 0.15) is 6.20 Å². The van der Waals surface area contributed by atoms with E-state index in [4.69, 9.17) is 0 Å². The van der Waals surface area contributed by atoms with Crippen LogP contribution < -0.4 is 10.6 Å². The predicted molar refractivity (Wildman–Crippen MR) is 73.2 cm³/mol. The van der Waals surface area contributed by atoms with E-state index in [0.717, 1.165) is 0 Å². The first-order valence-electron chi connectivity index (χ1n) is 6.17. The summed E-state index contributed by atoms with van der Waals surface area (Å²) in [6.07, 6.45) is 1.23. The summed E-state index contributed by atoms with van der Waals surface area (Å²) in [6, 6.07) is 0.151. The highest BCUT2D eigenvalue weighted by Gasteiger charge is 2.65. The minimum Gasteiger partial charge on any atom is -0.360 e. The van der Waals surface area contributed by atoms with E-state index in [0.29, 0.717) is 5.95 Å². The summed E-state index contributed by atoms with van der Waals surface area (Å²) in [5.74, 6) is 0.636. The molecule has 0 atom stereocenters. The standard InChI is InChI=1S/C12H19N5O2/c1-11(2)9(12(11,3)4)15-8-7(17(18)19)6-14-10(13-5)16-8/h6,9H,1-5H3,(H2,13,14,15,16). The van der Waals surface area contributed by atoms with Crippen molar-refractivity contribution in [3.8, 4) is 0 Å².